The summed E-state index contributed by atoms with van der Waals surface area (Å²) < 4.78 is 31.3. The first kappa shape index (κ1) is 40.4. The summed E-state index contributed by atoms with van der Waals surface area (Å²) in [5, 5.41) is 10.1. The minimum absolute atomic E-state index is 0.0103. The van der Waals surface area contributed by atoms with E-state index in [9.17, 15) is 33.5 Å². The van der Waals surface area contributed by atoms with Gasteiger partial charge in [-0.1, -0.05) is 51.1 Å². The monoisotopic (exact) mass is 744 g/mol. The van der Waals surface area contributed by atoms with Crippen molar-refractivity contribution in [2.45, 2.75) is 84.3 Å². The predicted octanol–water partition coefficient (Wildman–Crippen LogP) is 5.76. The van der Waals surface area contributed by atoms with E-state index in [4.69, 9.17) is 5.73 Å². The Morgan fingerprint density at radius 2 is 1.70 bits per heavy atom. The second kappa shape index (κ2) is 17.6. The van der Waals surface area contributed by atoms with Gasteiger partial charge in [-0.3, -0.25) is 28.9 Å². The van der Waals surface area contributed by atoms with Crippen LogP contribution in [0.1, 0.15) is 83.0 Å². The molecule has 0 radical (unpaired) electrons. The molecule has 288 valence electrons. The van der Waals surface area contributed by atoms with E-state index >= 15 is 4.39 Å². The zero-order valence-electron chi connectivity index (χ0n) is 31.2. The predicted molar refractivity (Wildman–Crippen MR) is 199 cm³/mol. The van der Waals surface area contributed by atoms with Crippen molar-refractivity contribution in [3.05, 3.63) is 95.8 Å². The maximum atomic E-state index is 15.1. The Labute approximate surface area is 315 Å². The molecule has 54 heavy (non-hydrogen) atoms. The van der Waals surface area contributed by atoms with Crippen LogP contribution in [0.5, 0.6) is 0 Å². The van der Waals surface area contributed by atoms with E-state index in [0.717, 1.165) is 28.7 Å². The number of nitrogens with zero attached hydrogens (tertiary/aromatic N) is 3. The summed E-state index contributed by atoms with van der Waals surface area (Å²) in [6.07, 6.45) is 7.07. The van der Waals surface area contributed by atoms with Crippen molar-refractivity contribution in [1.29, 1.82) is 0 Å². The highest BCUT2D eigenvalue weighted by atomic mass is 19.1. The molecule has 1 saturated carbocycles. The second-order valence-corrected chi connectivity index (χ2v) is 15.6. The molecule has 3 aromatic rings. The van der Waals surface area contributed by atoms with Crippen LogP contribution in [0.2, 0.25) is 0 Å². The molecule has 3 N–H and O–H groups in total. The van der Waals surface area contributed by atoms with Crippen LogP contribution in [-0.4, -0.2) is 74.5 Å². The first-order valence-corrected chi connectivity index (χ1v) is 18.6. The fraction of sp³-hybridized carbons (Fsp3) is 0.452. The molecule has 4 atom stereocenters. The number of benzene rings is 2. The molecule has 3 amide bonds. The summed E-state index contributed by atoms with van der Waals surface area (Å²) in [6, 6.07) is 13.1. The number of ketones is 2. The quantitative estimate of drug-likeness (QED) is 0.168. The molecule has 0 bridgehead atoms. The smallest absolute Gasteiger partial charge is 0.253 e. The van der Waals surface area contributed by atoms with E-state index in [1.165, 1.54) is 17.1 Å². The van der Waals surface area contributed by atoms with E-state index in [0.29, 0.717) is 43.5 Å². The van der Waals surface area contributed by atoms with E-state index < -0.39 is 41.6 Å². The number of hydrogen-bond acceptors (Lipinski definition) is 7. The number of carbonyl (C=O) groups excluding carboxylic acids is 5. The highest BCUT2D eigenvalue weighted by molar-refractivity contribution is 6.12. The zero-order valence-corrected chi connectivity index (χ0v) is 31.2. The van der Waals surface area contributed by atoms with Crippen molar-refractivity contribution in [1.82, 2.24) is 14.4 Å². The third-order valence-electron chi connectivity index (χ3n) is 10.5. The highest BCUT2D eigenvalue weighted by Gasteiger charge is 2.38. The molecule has 2 aliphatic rings. The van der Waals surface area contributed by atoms with Gasteiger partial charge in [-0.2, -0.15) is 0 Å². The second-order valence-electron chi connectivity index (χ2n) is 15.6. The summed E-state index contributed by atoms with van der Waals surface area (Å²) in [5.41, 5.74) is 7.93. The van der Waals surface area contributed by atoms with Crippen LogP contribution in [0.15, 0.2) is 72.9 Å². The Hall–Kier alpha value is -4.81. The van der Waals surface area contributed by atoms with Crippen LogP contribution in [0, 0.1) is 28.9 Å². The molecule has 0 spiro atoms. The van der Waals surface area contributed by atoms with Crippen LogP contribution in [0.25, 0.3) is 11.1 Å². The van der Waals surface area contributed by atoms with Gasteiger partial charge in [-0.15, -0.1) is 0 Å². The van der Waals surface area contributed by atoms with Crippen molar-refractivity contribution >= 4 is 29.3 Å². The maximum Gasteiger partial charge on any atom is 0.253 e. The van der Waals surface area contributed by atoms with Crippen LogP contribution in [-0.2, 0) is 30.5 Å². The number of aromatic nitrogens is 1. The van der Waals surface area contributed by atoms with Gasteiger partial charge in [0.1, 0.15) is 29.8 Å². The molecule has 12 heteroatoms. The number of rotatable bonds is 17. The third-order valence-corrected chi connectivity index (χ3v) is 10.5. The Bertz CT molecular complexity index is 1870. The number of Topliss-reactive ketones (excluding diaryl/α,β-unsaturated/α-hetero) is 2. The SMILES string of the molecule is CC(C)(C)[C@H](c1cc(-c2cc(F)ccc2F)cn1Cc1ccccc1)N(CC[C@H](N)C(=O)C[C@@H]1CC[C@H](C(=O)CCCN2C(=O)C=CC2=O)C1)C(=O)CO. The standard InChI is InChI=1S/C42H50F2N4O6/c1-42(2,3)41(35-22-30(32-23-31(43)13-14-33(32)44)25-46(35)24-27-8-5-4-6-9-27)48(40(54)26-49)19-17-34(45)37(51)21-28-11-12-29(20-28)36(50)10-7-18-47-38(52)15-16-39(47)53/h4-6,8-9,13-16,22-23,25,28-29,34,41,49H,7,10-12,17-21,24,26,45H2,1-3H3/t28-,29+,34+,41+/m1/s1. The number of imide groups is 1. The van der Waals surface area contributed by atoms with Crippen molar-refractivity contribution in [2.75, 3.05) is 19.7 Å². The topological polar surface area (TPSA) is 143 Å². The number of halogens is 2. The van der Waals surface area contributed by atoms with Gasteiger partial charge >= 0.3 is 0 Å². The Balaban J connectivity index is 1.28. The molecule has 1 fully saturated rings. The molecule has 1 aromatic heterocycles. The van der Waals surface area contributed by atoms with Crippen LogP contribution in [0.4, 0.5) is 8.78 Å². The van der Waals surface area contributed by atoms with Gasteiger partial charge in [0.05, 0.1) is 12.1 Å². The van der Waals surface area contributed by atoms with E-state index in [1.807, 2.05) is 55.7 Å². The first-order valence-electron chi connectivity index (χ1n) is 18.6. The summed E-state index contributed by atoms with van der Waals surface area (Å²) in [5.74, 6) is -2.80. The molecule has 1 aliphatic carbocycles. The van der Waals surface area contributed by atoms with Crippen molar-refractivity contribution < 1.29 is 37.9 Å². The molecule has 2 aromatic carbocycles. The van der Waals surface area contributed by atoms with Crippen molar-refractivity contribution in [3.63, 3.8) is 0 Å². The molecule has 0 saturated heterocycles. The number of nitrogens with two attached hydrogens (primary N) is 1. The lowest BCUT2D eigenvalue weighted by atomic mass is 9.82. The van der Waals surface area contributed by atoms with Gasteiger partial charge in [0.25, 0.3) is 11.8 Å². The molecular weight excluding hydrogens is 694 g/mol. The fourth-order valence-electron chi connectivity index (χ4n) is 7.80. The third kappa shape index (κ3) is 9.83. The Morgan fingerprint density at radius 1 is 1.00 bits per heavy atom. The minimum atomic E-state index is -0.897. The van der Waals surface area contributed by atoms with Crippen LogP contribution < -0.4 is 5.73 Å². The van der Waals surface area contributed by atoms with Gasteiger partial charge in [-0.05, 0) is 73.3 Å². The average Bonchev–Trinajstić information content (AvgIpc) is 3.86. The number of hydrogen-bond donors (Lipinski definition) is 2. The van der Waals surface area contributed by atoms with Crippen LogP contribution in [0.3, 0.4) is 0 Å². The van der Waals surface area contributed by atoms with E-state index in [2.05, 4.69) is 0 Å². The highest BCUT2D eigenvalue weighted by Crippen LogP contribution is 2.41. The molecule has 0 unspecified atom stereocenters. The van der Waals surface area contributed by atoms with Gasteiger partial charge in [0, 0.05) is 73.6 Å². The van der Waals surface area contributed by atoms with E-state index in [1.54, 1.807) is 12.3 Å². The number of amides is 3. The van der Waals surface area contributed by atoms with Gasteiger partial charge in [0.15, 0.2) is 0 Å². The summed E-state index contributed by atoms with van der Waals surface area (Å²) in [7, 11) is 0. The van der Waals surface area contributed by atoms with Gasteiger partial charge < -0.3 is 20.3 Å². The molecule has 10 nitrogen and oxygen atoms in total. The Kier molecular flexibility index (Phi) is 13.1. The maximum absolute atomic E-state index is 15.1. The minimum Gasteiger partial charge on any atom is -0.387 e. The van der Waals surface area contributed by atoms with Crippen molar-refractivity contribution in [2.24, 2.45) is 23.0 Å². The average molecular weight is 745 g/mol. The normalized spacial score (nSPS) is 18.3. The molecule has 1 aliphatic heterocycles. The summed E-state index contributed by atoms with van der Waals surface area (Å²) >= 11 is 0. The number of aliphatic hydroxyl groups is 1. The largest absolute Gasteiger partial charge is 0.387 e. The Morgan fingerprint density at radius 3 is 2.37 bits per heavy atom. The molecular formula is C42H50F2N4O6. The number of carbonyl (C=O) groups is 5. The lowest BCUT2D eigenvalue weighted by molar-refractivity contribution is -0.140. The zero-order chi connectivity index (χ0) is 39.2. The molecule has 5 rings (SSSR count). The van der Waals surface area contributed by atoms with Crippen molar-refractivity contribution in [3.8, 4) is 11.1 Å². The number of aliphatic hydroxyl groups excluding tert-OH is 1. The summed E-state index contributed by atoms with van der Waals surface area (Å²) in [4.78, 5) is 66.0. The lowest BCUT2D eigenvalue weighted by Crippen LogP contribution is -2.46. The lowest BCUT2D eigenvalue weighted by Gasteiger charge is -2.41. The molecule has 2 heterocycles. The van der Waals surface area contributed by atoms with Gasteiger partial charge in [-0.25, -0.2) is 8.78 Å². The fourth-order valence-corrected chi connectivity index (χ4v) is 7.80. The summed E-state index contributed by atoms with van der Waals surface area (Å²) in [6.45, 7) is 5.68. The van der Waals surface area contributed by atoms with Crippen LogP contribution >= 0.6 is 0 Å². The first-order chi connectivity index (χ1) is 25.7. The van der Waals surface area contributed by atoms with E-state index in [-0.39, 0.29) is 73.1 Å². The van der Waals surface area contributed by atoms with Gasteiger partial charge in [0.2, 0.25) is 5.91 Å².